The molecule has 0 saturated carbocycles. The number of benzene rings is 3. The molecule has 0 bridgehead atoms. The maximum absolute atomic E-state index is 12.9. The van der Waals surface area contributed by atoms with Crippen LogP contribution in [0.25, 0.3) is 0 Å². The van der Waals surface area contributed by atoms with Crippen LogP contribution in [0.4, 0.5) is 21.9 Å². The van der Waals surface area contributed by atoms with E-state index >= 15 is 0 Å². The van der Waals surface area contributed by atoms with Crippen molar-refractivity contribution >= 4 is 29.0 Å². The van der Waals surface area contributed by atoms with Crippen LogP contribution in [0.15, 0.2) is 66.7 Å². The van der Waals surface area contributed by atoms with Gasteiger partial charge in [0, 0.05) is 37.7 Å². The Bertz CT molecular complexity index is 1080. The number of anilines is 3. The highest BCUT2D eigenvalue weighted by Gasteiger charge is 2.15. The average molecular weight is 417 g/mol. The Balaban J connectivity index is 1.75. The summed E-state index contributed by atoms with van der Waals surface area (Å²) in [5.74, 6) is -0.203. The summed E-state index contributed by atoms with van der Waals surface area (Å²) in [7, 11) is 3.76. The smallest absolute Gasteiger partial charge is 0.323 e. The zero-order valence-corrected chi connectivity index (χ0v) is 18.3. The molecule has 3 aromatic carbocycles. The van der Waals surface area contributed by atoms with Crippen molar-refractivity contribution in [2.45, 2.75) is 20.4 Å². The fourth-order valence-corrected chi connectivity index (χ4v) is 3.23. The Labute approximate surface area is 183 Å². The van der Waals surface area contributed by atoms with Crippen LogP contribution in [0.5, 0.6) is 0 Å². The fourth-order valence-electron chi connectivity index (χ4n) is 3.23. The van der Waals surface area contributed by atoms with Crippen molar-refractivity contribution in [3.05, 3.63) is 89.0 Å². The quantitative estimate of drug-likeness (QED) is 0.533. The summed E-state index contributed by atoms with van der Waals surface area (Å²) in [6.45, 7) is 4.39. The Kier molecular flexibility index (Phi) is 6.92. The Morgan fingerprint density at radius 2 is 1.61 bits per heavy atom. The Morgan fingerprint density at radius 1 is 0.871 bits per heavy atom. The van der Waals surface area contributed by atoms with Crippen molar-refractivity contribution in [1.29, 1.82) is 0 Å². The number of aryl methyl sites for hydroxylation is 1. The standard InChI is InChI=1S/C25H28N4O2/c1-17-9-8-12-22(18(17)2)28-25(31)27-20-13-14-23(29(3)4)21(15-20)24(30)26-16-19-10-6-5-7-11-19/h5-15H,16H2,1-4H3,(H,26,30)(H2,27,28,31). The second kappa shape index (κ2) is 9.80. The normalized spacial score (nSPS) is 10.3. The number of hydrogen-bond acceptors (Lipinski definition) is 3. The lowest BCUT2D eigenvalue weighted by molar-refractivity contribution is 0.0951. The van der Waals surface area contributed by atoms with Crippen LogP contribution in [0.1, 0.15) is 27.0 Å². The maximum atomic E-state index is 12.9. The molecule has 0 aliphatic carbocycles. The van der Waals surface area contributed by atoms with Gasteiger partial charge in [-0.25, -0.2) is 4.79 Å². The van der Waals surface area contributed by atoms with E-state index in [0.29, 0.717) is 17.8 Å². The first-order chi connectivity index (χ1) is 14.8. The van der Waals surface area contributed by atoms with Gasteiger partial charge < -0.3 is 20.9 Å². The monoisotopic (exact) mass is 416 g/mol. The molecule has 31 heavy (non-hydrogen) atoms. The number of nitrogens with zero attached hydrogens (tertiary/aromatic N) is 1. The summed E-state index contributed by atoms with van der Waals surface area (Å²) in [4.78, 5) is 27.3. The van der Waals surface area contributed by atoms with E-state index in [0.717, 1.165) is 28.1 Å². The van der Waals surface area contributed by atoms with Gasteiger partial charge in [-0.05, 0) is 54.8 Å². The van der Waals surface area contributed by atoms with Crippen LogP contribution in [-0.2, 0) is 6.54 Å². The number of carbonyl (C=O) groups is 2. The number of carbonyl (C=O) groups excluding carboxylic acids is 2. The highest BCUT2D eigenvalue weighted by Crippen LogP contribution is 2.24. The molecule has 0 aromatic heterocycles. The molecule has 3 N–H and O–H groups in total. The molecule has 0 aliphatic heterocycles. The zero-order chi connectivity index (χ0) is 22.4. The minimum atomic E-state index is -0.359. The SMILES string of the molecule is Cc1cccc(NC(=O)Nc2ccc(N(C)C)c(C(=O)NCc3ccccc3)c2)c1C. The molecule has 0 heterocycles. The van der Waals surface area contributed by atoms with Crippen molar-refractivity contribution in [3.63, 3.8) is 0 Å². The predicted molar refractivity (Wildman–Crippen MR) is 127 cm³/mol. The molecule has 6 heteroatoms. The molecule has 0 saturated heterocycles. The van der Waals surface area contributed by atoms with E-state index < -0.39 is 0 Å². The molecule has 0 aliphatic rings. The molecule has 3 rings (SSSR count). The largest absolute Gasteiger partial charge is 0.377 e. The molecular formula is C25H28N4O2. The van der Waals surface area contributed by atoms with Crippen molar-refractivity contribution in [1.82, 2.24) is 5.32 Å². The first-order valence-electron chi connectivity index (χ1n) is 10.1. The highest BCUT2D eigenvalue weighted by atomic mass is 16.2. The molecule has 0 spiro atoms. The summed E-state index contributed by atoms with van der Waals surface area (Å²) in [6, 6.07) is 20.4. The summed E-state index contributed by atoms with van der Waals surface area (Å²) in [5, 5.41) is 8.65. The minimum absolute atomic E-state index is 0.203. The lowest BCUT2D eigenvalue weighted by Gasteiger charge is -2.19. The number of nitrogens with one attached hydrogen (secondary N) is 3. The van der Waals surface area contributed by atoms with Gasteiger partial charge >= 0.3 is 6.03 Å². The maximum Gasteiger partial charge on any atom is 0.323 e. The van der Waals surface area contributed by atoms with Gasteiger partial charge in [-0.2, -0.15) is 0 Å². The van der Waals surface area contributed by atoms with Crippen molar-refractivity contribution in [3.8, 4) is 0 Å². The number of urea groups is 1. The van der Waals surface area contributed by atoms with Gasteiger partial charge in [0.15, 0.2) is 0 Å². The number of hydrogen-bond donors (Lipinski definition) is 3. The van der Waals surface area contributed by atoms with Crippen LogP contribution < -0.4 is 20.9 Å². The molecule has 0 fully saturated rings. The second-order valence-corrected chi connectivity index (χ2v) is 7.62. The topological polar surface area (TPSA) is 73.5 Å². The van der Waals surface area contributed by atoms with Crippen LogP contribution in [-0.4, -0.2) is 26.0 Å². The van der Waals surface area contributed by atoms with Crippen LogP contribution in [0.2, 0.25) is 0 Å². The van der Waals surface area contributed by atoms with E-state index in [1.54, 1.807) is 12.1 Å². The van der Waals surface area contributed by atoms with E-state index in [-0.39, 0.29) is 11.9 Å². The Hall–Kier alpha value is -3.80. The minimum Gasteiger partial charge on any atom is -0.377 e. The van der Waals surface area contributed by atoms with E-state index in [1.165, 1.54) is 0 Å². The predicted octanol–water partition coefficient (Wildman–Crippen LogP) is 4.94. The van der Waals surface area contributed by atoms with Crippen molar-refractivity contribution in [2.75, 3.05) is 29.6 Å². The van der Waals surface area contributed by atoms with Gasteiger partial charge in [0.25, 0.3) is 5.91 Å². The van der Waals surface area contributed by atoms with Gasteiger partial charge in [0.05, 0.1) is 5.56 Å². The van der Waals surface area contributed by atoms with E-state index in [1.807, 2.05) is 87.4 Å². The number of rotatable bonds is 6. The molecule has 0 atom stereocenters. The molecular weight excluding hydrogens is 388 g/mol. The molecule has 160 valence electrons. The summed E-state index contributed by atoms with van der Waals surface area (Å²) >= 11 is 0. The number of amides is 3. The van der Waals surface area contributed by atoms with Gasteiger partial charge in [-0.3, -0.25) is 4.79 Å². The summed E-state index contributed by atoms with van der Waals surface area (Å²) in [5.41, 5.74) is 5.69. The first-order valence-corrected chi connectivity index (χ1v) is 10.1. The van der Waals surface area contributed by atoms with Crippen LogP contribution >= 0.6 is 0 Å². The molecule has 3 aromatic rings. The molecule has 0 unspecified atom stereocenters. The van der Waals surface area contributed by atoms with Gasteiger partial charge in [0.1, 0.15) is 0 Å². The fraction of sp³-hybridized carbons (Fsp3) is 0.200. The van der Waals surface area contributed by atoms with Gasteiger partial charge in [-0.1, -0.05) is 42.5 Å². The molecule has 0 radical (unpaired) electrons. The summed E-state index contributed by atoms with van der Waals surface area (Å²) in [6.07, 6.45) is 0. The van der Waals surface area contributed by atoms with E-state index in [9.17, 15) is 9.59 Å². The van der Waals surface area contributed by atoms with Crippen molar-refractivity contribution < 1.29 is 9.59 Å². The van der Waals surface area contributed by atoms with E-state index in [2.05, 4.69) is 16.0 Å². The van der Waals surface area contributed by atoms with Gasteiger partial charge in [-0.15, -0.1) is 0 Å². The Morgan fingerprint density at radius 3 is 2.32 bits per heavy atom. The third-order valence-electron chi connectivity index (χ3n) is 5.13. The first kappa shape index (κ1) is 21.9. The second-order valence-electron chi connectivity index (χ2n) is 7.62. The lowest BCUT2D eigenvalue weighted by Crippen LogP contribution is -2.26. The average Bonchev–Trinajstić information content (AvgIpc) is 2.75. The molecule has 6 nitrogen and oxygen atoms in total. The molecule has 3 amide bonds. The van der Waals surface area contributed by atoms with Gasteiger partial charge in [0.2, 0.25) is 0 Å². The third-order valence-corrected chi connectivity index (χ3v) is 5.13. The summed E-state index contributed by atoms with van der Waals surface area (Å²) < 4.78 is 0. The third kappa shape index (κ3) is 5.63. The van der Waals surface area contributed by atoms with E-state index in [4.69, 9.17) is 0 Å². The highest BCUT2D eigenvalue weighted by molar-refractivity contribution is 6.04. The van der Waals surface area contributed by atoms with Crippen LogP contribution in [0.3, 0.4) is 0 Å². The zero-order valence-electron chi connectivity index (χ0n) is 18.3. The lowest BCUT2D eigenvalue weighted by atomic mass is 10.1. The van der Waals surface area contributed by atoms with Crippen molar-refractivity contribution in [2.24, 2.45) is 0 Å². The van der Waals surface area contributed by atoms with Crippen LogP contribution in [0, 0.1) is 13.8 Å².